The van der Waals surface area contributed by atoms with Crippen molar-refractivity contribution in [2.24, 2.45) is 0 Å². The minimum absolute atomic E-state index is 0.0115. The summed E-state index contributed by atoms with van der Waals surface area (Å²) in [5.74, 6) is -0.407. The highest BCUT2D eigenvalue weighted by molar-refractivity contribution is 5.88. The number of carbonyl (C=O) groups excluding carboxylic acids is 1. The first kappa shape index (κ1) is 11.7. The van der Waals surface area contributed by atoms with Gasteiger partial charge in [0.05, 0.1) is 19.3 Å². The highest BCUT2D eigenvalue weighted by atomic mass is 16.5. The van der Waals surface area contributed by atoms with Gasteiger partial charge in [0.25, 0.3) is 0 Å². The summed E-state index contributed by atoms with van der Waals surface area (Å²) in [5.41, 5.74) is 0.766. The monoisotopic (exact) mass is 209 g/mol. The molecule has 1 heterocycles. The van der Waals surface area contributed by atoms with Crippen LogP contribution < -0.4 is 0 Å². The van der Waals surface area contributed by atoms with Crippen molar-refractivity contribution in [3.05, 3.63) is 29.6 Å². The van der Waals surface area contributed by atoms with E-state index in [2.05, 4.69) is 9.72 Å². The van der Waals surface area contributed by atoms with Crippen LogP contribution in [0.25, 0.3) is 0 Å². The van der Waals surface area contributed by atoms with Crippen molar-refractivity contribution in [3.63, 3.8) is 0 Å². The molecule has 82 valence electrons. The maximum Gasteiger partial charge on any atom is 0.339 e. The molecule has 0 aliphatic rings. The molecule has 1 N–H and O–H groups in total. The van der Waals surface area contributed by atoms with E-state index in [9.17, 15) is 4.79 Å². The molecule has 0 saturated carbocycles. The van der Waals surface area contributed by atoms with Crippen LogP contribution in [-0.2, 0) is 10.2 Å². The summed E-state index contributed by atoms with van der Waals surface area (Å²) in [6.45, 7) is 3.78. The number of carbonyl (C=O) groups is 1. The van der Waals surface area contributed by atoms with Crippen LogP contribution in [0.1, 0.15) is 29.9 Å². The molecule has 1 aromatic heterocycles. The number of rotatable bonds is 3. The molecular weight excluding hydrogens is 194 g/mol. The van der Waals surface area contributed by atoms with Crippen LogP contribution in [0.4, 0.5) is 0 Å². The minimum atomic E-state index is -0.407. The molecule has 0 aliphatic heterocycles. The zero-order valence-electron chi connectivity index (χ0n) is 9.15. The Balaban J connectivity index is 2.95. The fourth-order valence-corrected chi connectivity index (χ4v) is 1.11. The molecule has 15 heavy (non-hydrogen) atoms. The van der Waals surface area contributed by atoms with Crippen molar-refractivity contribution < 1.29 is 14.6 Å². The number of aliphatic hydroxyl groups is 1. The van der Waals surface area contributed by atoms with Crippen LogP contribution >= 0.6 is 0 Å². The van der Waals surface area contributed by atoms with E-state index in [-0.39, 0.29) is 6.61 Å². The van der Waals surface area contributed by atoms with E-state index in [1.54, 1.807) is 12.1 Å². The fraction of sp³-hybridized carbons (Fsp3) is 0.455. The van der Waals surface area contributed by atoms with Crippen LogP contribution in [0.15, 0.2) is 18.3 Å². The number of methoxy groups -OCH3 is 1. The summed E-state index contributed by atoms with van der Waals surface area (Å²) in [5, 5.41) is 9.14. The van der Waals surface area contributed by atoms with E-state index in [0.29, 0.717) is 5.56 Å². The number of aromatic nitrogens is 1. The molecule has 0 atom stereocenters. The lowest BCUT2D eigenvalue weighted by Crippen LogP contribution is -2.23. The highest BCUT2D eigenvalue weighted by Gasteiger charge is 2.21. The van der Waals surface area contributed by atoms with Gasteiger partial charge in [0.1, 0.15) is 0 Å². The molecule has 0 radical (unpaired) electrons. The summed E-state index contributed by atoms with van der Waals surface area (Å²) in [6.07, 6.45) is 1.46. The maximum atomic E-state index is 11.1. The van der Waals surface area contributed by atoms with Crippen LogP contribution in [0.3, 0.4) is 0 Å². The zero-order valence-corrected chi connectivity index (χ0v) is 9.15. The van der Waals surface area contributed by atoms with Gasteiger partial charge in [-0.05, 0) is 12.1 Å². The van der Waals surface area contributed by atoms with Crippen molar-refractivity contribution >= 4 is 5.97 Å². The first-order chi connectivity index (χ1) is 7.01. The molecule has 0 spiro atoms. The average molecular weight is 209 g/mol. The summed E-state index contributed by atoms with van der Waals surface area (Å²) in [7, 11) is 1.33. The molecule has 0 unspecified atom stereocenters. The van der Waals surface area contributed by atoms with Crippen LogP contribution in [0.5, 0.6) is 0 Å². The second-order valence-corrected chi connectivity index (χ2v) is 3.97. The third-order valence-corrected chi connectivity index (χ3v) is 2.27. The Morgan fingerprint density at radius 3 is 2.60 bits per heavy atom. The Morgan fingerprint density at radius 1 is 1.53 bits per heavy atom. The van der Waals surface area contributed by atoms with Gasteiger partial charge in [-0.15, -0.1) is 0 Å². The standard InChI is InChI=1S/C11H15NO3/c1-11(2,7-13)9-5-4-8(6-12-9)10(14)15-3/h4-6,13H,7H2,1-3H3. The molecule has 0 amide bonds. The quantitative estimate of drug-likeness (QED) is 0.758. The molecule has 0 saturated heterocycles. The predicted molar refractivity (Wildman–Crippen MR) is 55.7 cm³/mol. The summed E-state index contributed by atoms with van der Waals surface area (Å²) in [6, 6.07) is 3.37. The van der Waals surface area contributed by atoms with Crippen LogP contribution in [0.2, 0.25) is 0 Å². The van der Waals surface area contributed by atoms with Gasteiger partial charge in [-0.25, -0.2) is 4.79 Å². The maximum absolute atomic E-state index is 11.1. The van der Waals surface area contributed by atoms with Gasteiger partial charge in [0, 0.05) is 17.3 Å². The Morgan fingerprint density at radius 2 is 2.20 bits per heavy atom. The van der Waals surface area contributed by atoms with Crippen molar-refractivity contribution in [1.82, 2.24) is 4.98 Å². The first-order valence-electron chi connectivity index (χ1n) is 4.67. The Kier molecular flexibility index (Phi) is 3.42. The van der Waals surface area contributed by atoms with Crippen molar-refractivity contribution in [1.29, 1.82) is 0 Å². The van der Waals surface area contributed by atoms with E-state index in [1.807, 2.05) is 13.8 Å². The Labute approximate surface area is 88.9 Å². The third-order valence-electron chi connectivity index (χ3n) is 2.27. The topological polar surface area (TPSA) is 59.4 Å². The molecule has 0 aromatic carbocycles. The lowest BCUT2D eigenvalue weighted by molar-refractivity contribution is 0.0600. The lowest BCUT2D eigenvalue weighted by atomic mass is 9.90. The highest BCUT2D eigenvalue weighted by Crippen LogP contribution is 2.20. The minimum Gasteiger partial charge on any atom is -0.465 e. The van der Waals surface area contributed by atoms with Gasteiger partial charge < -0.3 is 9.84 Å². The van der Waals surface area contributed by atoms with Gasteiger partial charge >= 0.3 is 5.97 Å². The number of aliphatic hydroxyl groups excluding tert-OH is 1. The predicted octanol–water partition coefficient (Wildman–Crippen LogP) is 1.14. The number of pyridine rings is 1. The van der Waals surface area contributed by atoms with Gasteiger partial charge in [0.15, 0.2) is 0 Å². The second kappa shape index (κ2) is 4.40. The second-order valence-electron chi connectivity index (χ2n) is 3.97. The number of hydrogen-bond donors (Lipinski definition) is 1. The zero-order chi connectivity index (χ0) is 11.5. The molecule has 1 aromatic rings. The van der Waals surface area contributed by atoms with Crippen LogP contribution in [-0.4, -0.2) is 29.8 Å². The smallest absolute Gasteiger partial charge is 0.339 e. The van der Waals surface area contributed by atoms with E-state index >= 15 is 0 Å². The third kappa shape index (κ3) is 2.53. The number of nitrogens with zero attached hydrogens (tertiary/aromatic N) is 1. The largest absolute Gasteiger partial charge is 0.465 e. The molecule has 4 nitrogen and oxygen atoms in total. The van der Waals surface area contributed by atoms with Gasteiger partial charge in [-0.2, -0.15) is 0 Å². The van der Waals surface area contributed by atoms with Gasteiger partial charge in [0.2, 0.25) is 0 Å². The average Bonchev–Trinajstić information content (AvgIpc) is 2.28. The van der Waals surface area contributed by atoms with Crippen molar-refractivity contribution in [3.8, 4) is 0 Å². The van der Waals surface area contributed by atoms with Gasteiger partial charge in [-0.3, -0.25) is 4.98 Å². The van der Waals surface area contributed by atoms with Gasteiger partial charge in [-0.1, -0.05) is 13.8 Å². The molecule has 0 fully saturated rings. The molecule has 0 bridgehead atoms. The lowest BCUT2D eigenvalue weighted by Gasteiger charge is -2.20. The number of ether oxygens (including phenoxy) is 1. The summed E-state index contributed by atoms with van der Waals surface area (Å²) >= 11 is 0. The molecule has 4 heteroatoms. The molecular formula is C11H15NO3. The summed E-state index contributed by atoms with van der Waals surface area (Å²) in [4.78, 5) is 15.3. The fourth-order valence-electron chi connectivity index (χ4n) is 1.11. The Bertz CT molecular complexity index is 343. The van der Waals surface area contributed by atoms with Crippen LogP contribution in [0, 0.1) is 0 Å². The summed E-state index contributed by atoms with van der Waals surface area (Å²) < 4.78 is 4.56. The van der Waals surface area contributed by atoms with E-state index in [4.69, 9.17) is 5.11 Å². The van der Waals surface area contributed by atoms with E-state index in [1.165, 1.54) is 13.3 Å². The van der Waals surface area contributed by atoms with E-state index < -0.39 is 11.4 Å². The number of hydrogen-bond acceptors (Lipinski definition) is 4. The van der Waals surface area contributed by atoms with E-state index in [0.717, 1.165) is 5.69 Å². The Hall–Kier alpha value is -1.42. The molecule has 0 aliphatic carbocycles. The number of esters is 1. The molecule has 1 rings (SSSR count). The van der Waals surface area contributed by atoms with Crippen molar-refractivity contribution in [2.75, 3.05) is 13.7 Å². The van der Waals surface area contributed by atoms with Crippen molar-refractivity contribution in [2.45, 2.75) is 19.3 Å². The normalized spacial score (nSPS) is 11.2. The first-order valence-corrected chi connectivity index (χ1v) is 4.67. The SMILES string of the molecule is COC(=O)c1ccc(C(C)(C)CO)nc1.